The van der Waals surface area contributed by atoms with Crippen LogP contribution in [0.4, 0.5) is 5.69 Å². The maximum Gasteiger partial charge on any atom is 0.248 e. The van der Waals surface area contributed by atoms with E-state index in [1.165, 1.54) is 10.4 Å². The van der Waals surface area contributed by atoms with Gasteiger partial charge in [-0.1, -0.05) is 18.2 Å². The van der Waals surface area contributed by atoms with Gasteiger partial charge in [0.15, 0.2) is 0 Å². The van der Waals surface area contributed by atoms with E-state index < -0.39 is 10.0 Å². The van der Waals surface area contributed by atoms with E-state index in [0.717, 1.165) is 11.1 Å². The number of benzene rings is 2. The number of ether oxygens (including phenoxy) is 2. The van der Waals surface area contributed by atoms with Crippen LogP contribution in [0.25, 0.3) is 6.08 Å². The summed E-state index contributed by atoms with van der Waals surface area (Å²) < 4.78 is 37.1. The van der Waals surface area contributed by atoms with Gasteiger partial charge in [-0.2, -0.15) is 4.31 Å². The number of nitrogens with zero attached hydrogens (tertiary/aromatic N) is 1. The number of anilines is 1. The van der Waals surface area contributed by atoms with Crippen molar-refractivity contribution < 1.29 is 22.7 Å². The minimum atomic E-state index is -3.53. The zero-order valence-electron chi connectivity index (χ0n) is 16.4. The maximum absolute atomic E-state index is 12.6. The third-order valence-electron chi connectivity index (χ3n) is 4.53. The summed E-state index contributed by atoms with van der Waals surface area (Å²) in [5.41, 5.74) is 2.31. The second-order valence-corrected chi connectivity index (χ2v) is 8.55. The lowest BCUT2D eigenvalue weighted by molar-refractivity contribution is -0.111. The van der Waals surface area contributed by atoms with E-state index in [4.69, 9.17) is 9.47 Å². The van der Waals surface area contributed by atoms with Crippen molar-refractivity contribution in [2.45, 2.75) is 11.8 Å². The monoisotopic (exact) mass is 416 g/mol. The molecule has 1 saturated heterocycles. The van der Waals surface area contributed by atoms with Crippen LogP contribution in [0.3, 0.4) is 0 Å². The molecule has 1 heterocycles. The fourth-order valence-corrected chi connectivity index (χ4v) is 4.36. The average Bonchev–Trinajstić information content (AvgIpc) is 2.73. The number of sulfonamides is 1. The Bertz CT molecular complexity index is 994. The molecule has 7 nitrogen and oxygen atoms in total. The Labute approximate surface area is 171 Å². The van der Waals surface area contributed by atoms with Crippen LogP contribution in [0.1, 0.15) is 11.1 Å². The molecular formula is C21H24N2O5S. The number of carbonyl (C=O) groups excluding carboxylic acids is 1. The summed E-state index contributed by atoms with van der Waals surface area (Å²) in [6.07, 6.45) is 3.02. The van der Waals surface area contributed by atoms with Crippen LogP contribution in [0, 0.1) is 6.92 Å². The number of carbonyl (C=O) groups is 1. The zero-order valence-corrected chi connectivity index (χ0v) is 17.2. The van der Waals surface area contributed by atoms with Gasteiger partial charge < -0.3 is 14.8 Å². The first-order valence-corrected chi connectivity index (χ1v) is 10.7. The Morgan fingerprint density at radius 1 is 1.14 bits per heavy atom. The van der Waals surface area contributed by atoms with Gasteiger partial charge >= 0.3 is 0 Å². The smallest absolute Gasteiger partial charge is 0.248 e. The molecule has 0 saturated carbocycles. The molecule has 1 amide bonds. The van der Waals surface area contributed by atoms with Gasteiger partial charge in [-0.3, -0.25) is 4.79 Å². The number of methoxy groups -OCH3 is 1. The summed E-state index contributed by atoms with van der Waals surface area (Å²) in [7, 11) is -1.98. The number of aryl methyl sites for hydroxylation is 1. The van der Waals surface area contributed by atoms with Gasteiger partial charge in [0.25, 0.3) is 0 Å². The molecule has 0 radical (unpaired) electrons. The molecule has 8 heteroatoms. The fourth-order valence-electron chi connectivity index (χ4n) is 2.95. The first-order chi connectivity index (χ1) is 13.9. The molecule has 0 bridgehead atoms. The van der Waals surface area contributed by atoms with Crippen LogP contribution in [-0.4, -0.2) is 52.0 Å². The summed E-state index contributed by atoms with van der Waals surface area (Å²) >= 11 is 0. The number of amides is 1. The third-order valence-corrected chi connectivity index (χ3v) is 6.44. The summed E-state index contributed by atoms with van der Waals surface area (Å²) in [6, 6.07) is 12.0. The van der Waals surface area contributed by atoms with E-state index in [-0.39, 0.29) is 10.8 Å². The Balaban J connectivity index is 1.67. The molecule has 0 aromatic heterocycles. The van der Waals surface area contributed by atoms with Crippen LogP contribution >= 0.6 is 0 Å². The van der Waals surface area contributed by atoms with E-state index in [9.17, 15) is 13.2 Å². The SMILES string of the molecule is COc1ccc(C)cc1NC(=O)/C=C/c1ccc(S(=O)(=O)N2CCOCC2)cc1. The highest BCUT2D eigenvalue weighted by molar-refractivity contribution is 7.89. The molecule has 1 aliphatic heterocycles. The molecule has 0 aliphatic carbocycles. The van der Waals surface area contributed by atoms with E-state index in [1.807, 2.05) is 19.1 Å². The lowest BCUT2D eigenvalue weighted by atomic mass is 10.2. The molecule has 1 fully saturated rings. The Hall–Kier alpha value is -2.68. The van der Waals surface area contributed by atoms with Gasteiger partial charge in [-0.05, 0) is 48.4 Å². The Morgan fingerprint density at radius 2 is 1.83 bits per heavy atom. The van der Waals surface area contributed by atoms with Gasteiger partial charge in [-0.15, -0.1) is 0 Å². The van der Waals surface area contributed by atoms with Crippen LogP contribution in [0.5, 0.6) is 5.75 Å². The predicted molar refractivity (Wildman–Crippen MR) is 111 cm³/mol. The molecule has 2 aromatic carbocycles. The van der Waals surface area contributed by atoms with Gasteiger partial charge in [0.05, 0.1) is 30.9 Å². The molecule has 29 heavy (non-hydrogen) atoms. The molecule has 154 valence electrons. The second kappa shape index (κ2) is 9.21. The van der Waals surface area contributed by atoms with Crippen LogP contribution in [0.2, 0.25) is 0 Å². The summed E-state index contributed by atoms with van der Waals surface area (Å²) in [4.78, 5) is 12.5. The minimum absolute atomic E-state index is 0.227. The topological polar surface area (TPSA) is 84.9 Å². The van der Waals surface area contributed by atoms with Gasteiger partial charge in [-0.25, -0.2) is 8.42 Å². The largest absolute Gasteiger partial charge is 0.495 e. The van der Waals surface area contributed by atoms with Gasteiger partial charge in [0.2, 0.25) is 15.9 Å². The normalized spacial score (nSPS) is 15.4. The van der Waals surface area contributed by atoms with Crippen LogP contribution in [-0.2, 0) is 19.6 Å². The second-order valence-electron chi connectivity index (χ2n) is 6.61. The lowest BCUT2D eigenvalue weighted by Gasteiger charge is -2.26. The van der Waals surface area contributed by atoms with E-state index in [2.05, 4.69) is 5.32 Å². The molecule has 0 spiro atoms. The molecule has 2 aromatic rings. The van der Waals surface area contributed by atoms with Gasteiger partial charge in [0, 0.05) is 19.2 Å². The summed E-state index contributed by atoms with van der Waals surface area (Å²) in [6.45, 7) is 3.44. The first-order valence-electron chi connectivity index (χ1n) is 9.22. The van der Waals surface area contributed by atoms with Crippen molar-refractivity contribution >= 4 is 27.7 Å². The predicted octanol–water partition coefficient (Wildman–Crippen LogP) is 2.68. The minimum Gasteiger partial charge on any atom is -0.495 e. The van der Waals surface area contributed by atoms with Crippen molar-refractivity contribution in [1.82, 2.24) is 4.31 Å². The molecule has 1 N–H and O–H groups in total. The highest BCUT2D eigenvalue weighted by Crippen LogP contribution is 2.25. The lowest BCUT2D eigenvalue weighted by Crippen LogP contribution is -2.40. The van der Waals surface area contributed by atoms with E-state index >= 15 is 0 Å². The zero-order chi connectivity index (χ0) is 20.9. The van der Waals surface area contributed by atoms with Crippen molar-refractivity contribution in [3.63, 3.8) is 0 Å². The Morgan fingerprint density at radius 3 is 2.48 bits per heavy atom. The van der Waals surface area contributed by atoms with Crippen molar-refractivity contribution in [3.8, 4) is 5.75 Å². The van der Waals surface area contributed by atoms with E-state index in [0.29, 0.717) is 37.7 Å². The molecule has 0 unspecified atom stereocenters. The number of rotatable bonds is 6. The average molecular weight is 416 g/mol. The van der Waals surface area contributed by atoms with Crippen molar-refractivity contribution in [2.24, 2.45) is 0 Å². The highest BCUT2D eigenvalue weighted by Gasteiger charge is 2.25. The number of morpholine rings is 1. The number of nitrogens with one attached hydrogen (secondary N) is 1. The van der Waals surface area contributed by atoms with Crippen molar-refractivity contribution in [3.05, 3.63) is 59.7 Å². The number of hydrogen-bond acceptors (Lipinski definition) is 5. The standard InChI is InChI=1S/C21H24N2O5S/c1-16-3-9-20(27-2)19(15-16)22-21(24)10-6-17-4-7-18(8-5-17)29(25,26)23-11-13-28-14-12-23/h3-10,15H,11-14H2,1-2H3,(H,22,24)/b10-6+. The summed E-state index contributed by atoms with van der Waals surface area (Å²) in [5, 5.41) is 2.79. The number of hydrogen-bond donors (Lipinski definition) is 1. The molecule has 0 atom stereocenters. The van der Waals surface area contributed by atoms with Crippen molar-refractivity contribution in [1.29, 1.82) is 0 Å². The maximum atomic E-state index is 12.6. The van der Waals surface area contributed by atoms with Gasteiger partial charge in [0.1, 0.15) is 5.75 Å². The molecule has 1 aliphatic rings. The highest BCUT2D eigenvalue weighted by atomic mass is 32.2. The molecule has 3 rings (SSSR count). The third kappa shape index (κ3) is 5.23. The van der Waals surface area contributed by atoms with Crippen LogP contribution in [0.15, 0.2) is 53.4 Å². The van der Waals surface area contributed by atoms with Crippen molar-refractivity contribution in [2.75, 3.05) is 38.7 Å². The van der Waals surface area contributed by atoms with Crippen LogP contribution < -0.4 is 10.1 Å². The van der Waals surface area contributed by atoms with E-state index in [1.54, 1.807) is 43.5 Å². The summed E-state index contributed by atoms with van der Waals surface area (Å²) in [5.74, 6) is 0.272. The quantitative estimate of drug-likeness (QED) is 0.732. The molecular weight excluding hydrogens is 392 g/mol. The first kappa shape index (κ1) is 21.0. The Kier molecular flexibility index (Phi) is 6.68. The fraction of sp³-hybridized carbons (Fsp3) is 0.286.